The van der Waals surface area contributed by atoms with Gasteiger partial charge in [0.25, 0.3) is 0 Å². The number of aryl methyl sites for hydroxylation is 1. The first-order valence-electron chi connectivity index (χ1n) is 9.00. The van der Waals surface area contributed by atoms with Gasteiger partial charge in [0.05, 0.1) is 24.2 Å². The molecular formula is C20H21N3O4S. The van der Waals surface area contributed by atoms with Crippen LogP contribution in [0.25, 0.3) is 10.2 Å². The Kier molecular flexibility index (Phi) is 6.20. The maximum atomic E-state index is 12.2. The molecular weight excluding hydrogens is 378 g/mol. The van der Waals surface area contributed by atoms with Crippen LogP contribution in [0.4, 0.5) is 11.5 Å². The van der Waals surface area contributed by atoms with Crippen LogP contribution in [0.5, 0.6) is 0 Å². The zero-order valence-electron chi connectivity index (χ0n) is 15.9. The summed E-state index contributed by atoms with van der Waals surface area (Å²) >= 11 is 1.28. The summed E-state index contributed by atoms with van der Waals surface area (Å²) in [6, 6.07) is 6.96. The molecule has 3 rings (SSSR count). The van der Waals surface area contributed by atoms with E-state index < -0.39 is 0 Å². The van der Waals surface area contributed by atoms with Crippen molar-refractivity contribution < 1.29 is 19.1 Å². The number of ether oxygens (including phenoxy) is 2. The van der Waals surface area contributed by atoms with Gasteiger partial charge in [0, 0.05) is 5.69 Å². The molecule has 3 aromatic rings. The van der Waals surface area contributed by atoms with Crippen LogP contribution in [-0.2, 0) is 9.47 Å². The Balaban J connectivity index is 1.86. The van der Waals surface area contributed by atoms with E-state index in [0.717, 1.165) is 23.1 Å². The van der Waals surface area contributed by atoms with Gasteiger partial charge in [0.1, 0.15) is 21.9 Å². The van der Waals surface area contributed by atoms with Crippen LogP contribution in [0.1, 0.15) is 45.9 Å². The maximum Gasteiger partial charge on any atom is 0.348 e. The van der Waals surface area contributed by atoms with Crippen molar-refractivity contribution in [2.75, 3.05) is 18.5 Å². The van der Waals surface area contributed by atoms with E-state index in [1.807, 2.05) is 13.8 Å². The molecule has 0 saturated carbocycles. The molecule has 0 amide bonds. The molecule has 0 radical (unpaired) electrons. The van der Waals surface area contributed by atoms with Crippen LogP contribution in [0.3, 0.4) is 0 Å². The smallest absolute Gasteiger partial charge is 0.348 e. The molecule has 0 spiro atoms. The number of nitrogens with zero attached hydrogens (tertiary/aromatic N) is 2. The molecule has 0 aliphatic rings. The largest absolute Gasteiger partial charge is 0.462 e. The minimum atomic E-state index is -0.358. The van der Waals surface area contributed by atoms with E-state index in [0.29, 0.717) is 34.3 Å². The quantitative estimate of drug-likeness (QED) is 0.586. The summed E-state index contributed by atoms with van der Waals surface area (Å²) in [5, 5.41) is 4.01. The topological polar surface area (TPSA) is 90.4 Å². The van der Waals surface area contributed by atoms with Crippen molar-refractivity contribution in [1.82, 2.24) is 9.97 Å². The van der Waals surface area contributed by atoms with Crippen LogP contribution in [0.15, 0.2) is 30.6 Å². The average molecular weight is 399 g/mol. The molecule has 0 unspecified atom stereocenters. The van der Waals surface area contributed by atoms with Crippen LogP contribution in [0, 0.1) is 6.92 Å². The van der Waals surface area contributed by atoms with Crippen molar-refractivity contribution in [2.24, 2.45) is 0 Å². The number of carbonyl (C=O) groups is 2. The van der Waals surface area contributed by atoms with Crippen molar-refractivity contribution in [3.05, 3.63) is 46.6 Å². The number of esters is 2. The summed E-state index contributed by atoms with van der Waals surface area (Å²) < 4.78 is 10.3. The summed E-state index contributed by atoms with van der Waals surface area (Å²) in [5.74, 6) is -0.106. The lowest BCUT2D eigenvalue weighted by molar-refractivity contribution is 0.0502. The van der Waals surface area contributed by atoms with Crippen molar-refractivity contribution >= 4 is 45.0 Å². The number of fused-ring (bicyclic) bond motifs is 1. The van der Waals surface area contributed by atoms with Crippen molar-refractivity contribution in [1.29, 1.82) is 0 Å². The van der Waals surface area contributed by atoms with Gasteiger partial charge in [-0.2, -0.15) is 0 Å². The number of carbonyl (C=O) groups excluding carboxylic acids is 2. The normalized spacial score (nSPS) is 10.7. The molecule has 1 aromatic carbocycles. The highest BCUT2D eigenvalue weighted by atomic mass is 32.1. The van der Waals surface area contributed by atoms with Gasteiger partial charge >= 0.3 is 11.9 Å². The molecule has 8 heteroatoms. The Bertz CT molecular complexity index is 999. The van der Waals surface area contributed by atoms with E-state index in [1.54, 1.807) is 31.2 Å². The molecule has 0 aliphatic carbocycles. The third-order valence-electron chi connectivity index (χ3n) is 4.01. The Hall–Kier alpha value is -3.00. The number of rotatable bonds is 7. The van der Waals surface area contributed by atoms with Crippen LogP contribution < -0.4 is 5.32 Å². The van der Waals surface area contributed by atoms with Crippen molar-refractivity contribution in [3.8, 4) is 0 Å². The summed E-state index contributed by atoms with van der Waals surface area (Å²) in [6.07, 6.45) is 2.23. The standard InChI is InChI=1S/C20H21N3O4S/c1-4-10-27-19(24)13-6-8-14(9-7-13)23-17-15-12(3)16(20(25)26-5-2)28-18(15)22-11-21-17/h6-9,11H,4-5,10H2,1-3H3,(H,21,22,23). The number of benzene rings is 1. The average Bonchev–Trinajstić information content (AvgIpc) is 3.04. The van der Waals surface area contributed by atoms with Crippen LogP contribution in [0.2, 0.25) is 0 Å². The highest BCUT2D eigenvalue weighted by molar-refractivity contribution is 7.20. The number of thiophene rings is 1. The Labute approximate surface area is 166 Å². The van der Waals surface area contributed by atoms with Crippen LogP contribution in [-0.4, -0.2) is 35.1 Å². The van der Waals surface area contributed by atoms with E-state index in [1.165, 1.54) is 17.7 Å². The van der Waals surface area contributed by atoms with E-state index in [-0.39, 0.29) is 11.9 Å². The molecule has 0 bridgehead atoms. The Morgan fingerprint density at radius 2 is 1.82 bits per heavy atom. The lowest BCUT2D eigenvalue weighted by atomic mass is 10.2. The second-order valence-electron chi connectivity index (χ2n) is 6.02. The fraction of sp³-hybridized carbons (Fsp3) is 0.300. The highest BCUT2D eigenvalue weighted by Gasteiger charge is 2.20. The summed E-state index contributed by atoms with van der Waals surface area (Å²) in [7, 11) is 0. The first-order chi connectivity index (χ1) is 13.5. The molecule has 146 valence electrons. The lowest BCUT2D eigenvalue weighted by Gasteiger charge is -2.08. The van der Waals surface area contributed by atoms with Gasteiger partial charge in [0.2, 0.25) is 0 Å². The fourth-order valence-corrected chi connectivity index (χ4v) is 3.70. The third-order valence-corrected chi connectivity index (χ3v) is 5.19. The van der Waals surface area contributed by atoms with Gasteiger partial charge < -0.3 is 14.8 Å². The number of anilines is 2. The summed E-state index contributed by atoms with van der Waals surface area (Å²) in [4.78, 5) is 33.9. The predicted molar refractivity (Wildman–Crippen MR) is 108 cm³/mol. The van der Waals surface area contributed by atoms with Crippen LogP contribution >= 0.6 is 11.3 Å². The van der Waals surface area contributed by atoms with Gasteiger partial charge in [-0.25, -0.2) is 19.6 Å². The minimum absolute atomic E-state index is 0.316. The molecule has 0 atom stereocenters. The van der Waals surface area contributed by atoms with Gasteiger partial charge in [0.15, 0.2) is 0 Å². The first-order valence-corrected chi connectivity index (χ1v) is 9.82. The molecule has 2 aromatic heterocycles. The summed E-state index contributed by atoms with van der Waals surface area (Å²) in [5.41, 5.74) is 2.03. The molecule has 1 N–H and O–H groups in total. The van der Waals surface area contributed by atoms with E-state index in [2.05, 4.69) is 15.3 Å². The Morgan fingerprint density at radius 3 is 2.50 bits per heavy atom. The Morgan fingerprint density at radius 1 is 1.07 bits per heavy atom. The number of nitrogens with one attached hydrogen (secondary N) is 1. The number of aromatic nitrogens is 2. The molecule has 0 fully saturated rings. The first kappa shape index (κ1) is 19.8. The second kappa shape index (κ2) is 8.79. The highest BCUT2D eigenvalue weighted by Crippen LogP contribution is 2.34. The molecule has 0 aliphatic heterocycles. The van der Waals surface area contributed by atoms with E-state index in [9.17, 15) is 9.59 Å². The number of hydrogen-bond acceptors (Lipinski definition) is 8. The van der Waals surface area contributed by atoms with Gasteiger partial charge in [-0.3, -0.25) is 0 Å². The summed E-state index contributed by atoms with van der Waals surface area (Å²) in [6.45, 7) is 6.29. The van der Waals surface area contributed by atoms with Gasteiger partial charge in [-0.1, -0.05) is 6.92 Å². The molecule has 2 heterocycles. The van der Waals surface area contributed by atoms with Gasteiger partial charge in [-0.05, 0) is 50.1 Å². The maximum absolute atomic E-state index is 12.2. The monoisotopic (exact) mass is 399 g/mol. The van der Waals surface area contributed by atoms with Crippen molar-refractivity contribution in [3.63, 3.8) is 0 Å². The zero-order valence-corrected chi connectivity index (χ0v) is 16.8. The second-order valence-corrected chi connectivity index (χ2v) is 7.02. The fourth-order valence-electron chi connectivity index (χ4n) is 2.66. The molecule has 28 heavy (non-hydrogen) atoms. The SMILES string of the molecule is CCCOC(=O)c1ccc(Nc2ncnc3sc(C(=O)OCC)c(C)c23)cc1. The number of hydrogen-bond donors (Lipinski definition) is 1. The van der Waals surface area contributed by atoms with E-state index in [4.69, 9.17) is 9.47 Å². The van der Waals surface area contributed by atoms with E-state index >= 15 is 0 Å². The van der Waals surface area contributed by atoms with Crippen molar-refractivity contribution in [2.45, 2.75) is 27.2 Å². The minimum Gasteiger partial charge on any atom is -0.462 e. The predicted octanol–water partition coefficient (Wildman–Crippen LogP) is 4.49. The third kappa shape index (κ3) is 4.12. The molecule has 7 nitrogen and oxygen atoms in total. The molecule has 0 saturated heterocycles. The lowest BCUT2D eigenvalue weighted by Crippen LogP contribution is -2.06. The van der Waals surface area contributed by atoms with Gasteiger partial charge in [-0.15, -0.1) is 11.3 Å². The zero-order chi connectivity index (χ0) is 20.1.